The smallest absolute Gasteiger partial charge is 0.255 e. The van der Waals surface area contributed by atoms with E-state index in [0.717, 1.165) is 4.70 Å². The number of hydrogen-bond acceptors (Lipinski definition) is 5. The fraction of sp³-hybridized carbons (Fsp3) is 0. The summed E-state index contributed by atoms with van der Waals surface area (Å²) < 4.78 is 25.1. The second-order valence-electron chi connectivity index (χ2n) is 4.97. The van der Waals surface area contributed by atoms with Crippen LogP contribution in [0.1, 0.15) is 0 Å². The van der Waals surface area contributed by atoms with Crippen molar-refractivity contribution in [3.8, 4) is 11.6 Å². The van der Waals surface area contributed by atoms with E-state index in [2.05, 4.69) is 9.27 Å². The molecule has 2 aromatic heterocycles. The maximum Gasteiger partial charge on any atom is 0.255 e. The zero-order chi connectivity index (χ0) is 16.8. The molecule has 2 heterocycles. The molecule has 4 aromatic rings. The van der Waals surface area contributed by atoms with Crippen molar-refractivity contribution in [2.24, 2.45) is 0 Å². The van der Waals surface area contributed by atoms with Gasteiger partial charge in [0.05, 0.1) is 16.3 Å². The third kappa shape index (κ3) is 2.11. The normalized spacial score (nSPS) is 11.3. The minimum absolute atomic E-state index is 0.0209. The Hall–Kier alpha value is -2.15. The molecule has 0 amide bonds. The van der Waals surface area contributed by atoms with Gasteiger partial charge in [-0.2, -0.15) is 0 Å². The molecule has 24 heavy (non-hydrogen) atoms. The van der Waals surface area contributed by atoms with Crippen molar-refractivity contribution in [2.45, 2.75) is 0 Å². The number of nitrogens with zero attached hydrogens (tertiary/aromatic N) is 1. The van der Waals surface area contributed by atoms with Gasteiger partial charge in [-0.15, -0.1) is 11.3 Å². The Morgan fingerprint density at radius 1 is 1.04 bits per heavy atom. The topological polar surface area (TPSA) is 48.4 Å². The van der Waals surface area contributed by atoms with Crippen LogP contribution >= 0.6 is 35.1 Å². The summed E-state index contributed by atoms with van der Waals surface area (Å²) in [7, 11) is 0. The van der Waals surface area contributed by atoms with E-state index < -0.39 is 5.82 Å². The lowest BCUT2D eigenvalue weighted by molar-refractivity contribution is 0.536. The van der Waals surface area contributed by atoms with Crippen LogP contribution in [0.4, 0.5) is 4.39 Å². The SMILES string of the molecule is O=c1c2ccccc2sc2c(OCl)nc3ccc(OCl)c(F)c3c12. The van der Waals surface area contributed by atoms with Crippen molar-refractivity contribution >= 4 is 66.1 Å². The molecule has 120 valence electrons. The summed E-state index contributed by atoms with van der Waals surface area (Å²) in [5, 5.41) is 0.625. The van der Waals surface area contributed by atoms with Crippen molar-refractivity contribution in [1.82, 2.24) is 4.98 Å². The summed E-state index contributed by atoms with van der Waals surface area (Å²) >= 11 is 12.0. The van der Waals surface area contributed by atoms with Gasteiger partial charge in [0.2, 0.25) is 0 Å². The molecule has 0 bridgehead atoms. The molecule has 0 aliphatic carbocycles. The lowest BCUT2D eigenvalue weighted by Crippen LogP contribution is -2.04. The lowest BCUT2D eigenvalue weighted by Gasteiger charge is -2.09. The van der Waals surface area contributed by atoms with E-state index in [1.54, 1.807) is 24.3 Å². The first-order chi connectivity index (χ1) is 11.7. The highest BCUT2D eigenvalue weighted by Crippen LogP contribution is 2.38. The second kappa shape index (κ2) is 5.73. The predicted molar refractivity (Wildman–Crippen MR) is 93.8 cm³/mol. The van der Waals surface area contributed by atoms with E-state index in [9.17, 15) is 9.18 Å². The fourth-order valence-electron chi connectivity index (χ4n) is 2.67. The number of fused-ring (bicyclic) bond motifs is 4. The average Bonchev–Trinajstić information content (AvgIpc) is 2.61. The minimum Gasteiger partial charge on any atom is -0.382 e. The van der Waals surface area contributed by atoms with Gasteiger partial charge in [0, 0.05) is 10.1 Å². The van der Waals surface area contributed by atoms with Crippen LogP contribution in [-0.2, 0) is 0 Å². The first-order valence-corrected chi connectivity index (χ1v) is 8.14. The number of halogens is 3. The molecular formula is C16H6Cl2FNO3S. The number of benzene rings is 2. The van der Waals surface area contributed by atoms with Crippen LogP contribution in [0, 0.1) is 5.82 Å². The van der Waals surface area contributed by atoms with Crippen molar-refractivity contribution in [2.75, 3.05) is 0 Å². The maximum atomic E-state index is 14.8. The van der Waals surface area contributed by atoms with Gasteiger partial charge < -0.3 is 8.58 Å². The molecule has 0 spiro atoms. The number of pyridine rings is 1. The molecule has 0 fully saturated rings. The van der Waals surface area contributed by atoms with Crippen LogP contribution in [0.5, 0.6) is 11.6 Å². The highest BCUT2D eigenvalue weighted by molar-refractivity contribution is 7.25. The summed E-state index contributed by atoms with van der Waals surface area (Å²) in [6, 6.07) is 9.82. The number of rotatable bonds is 2. The summed E-state index contributed by atoms with van der Waals surface area (Å²) in [4.78, 5) is 17.1. The Morgan fingerprint density at radius 2 is 1.83 bits per heavy atom. The van der Waals surface area contributed by atoms with Gasteiger partial charge in [0.25, 0.3) is 5.88 Å². The molecular weight excluding hydrogens is 376 g/mol. The first kappa shape index (κ1) is 15.4. The van der Waals surface area contributed by atoms with Crippen LogP contribution in [0.15, 0.2) is 41.2 Å². The van der Waals surface area contributed by atoms with Crippen molar-refractivity contribution in [1.29, 1.82) is 0 Å². The van der Waals surface area contributed by atoms with Crippen LogP contribution in [-0.4, -0.2) is 4.98 Å². The Labute approximate surface area is 148 Å². The Morgan fingerprint density at radius 3 is 2.58 bits per heavy atom. The Balaban J connectivity index is 2.36. The van der Waals surface area contributed by atoms with E-state index in [4.69, 9.17) is 28.0 Å². The summed E-state index contributed by atoms with van der Waals surface area (Å²) in [5.74, 6) is -0.906. The van der Waals surface area contributed by atoms with Gasteiger partial charge in [0.1, 0.15) is 28.4 Å². The van der Waals surface area contributed by atoms with Gasteiger partial charge in [-0.25, -0.2) is 9.37 Å². The molecule has 0 aliphatic heterocycles. The fourth-order valence-corrected chi connectivity index (χ4v) is 4.05. The highest BCUT2D eigenvalue weighted by Gasteiger charge is 2.20. The molecule has 0 aliphatic rings. The molecule has 0 saturated carbocycles. The second-order valence-corrected chi connectivity index (χ2v) is 6.34. The molecule has 4 nitrogen and oxygen atoms in total. The third-order valence-corrected chi connectivity index (χ3v) is 5.18. The average molecular weight is 382 g/mol. The molecule has 0 radical (unpaired) electrons. The number of hydrogen-bond donors (Lipinski definition) is 0. The monoisotopic (exact) mass is 381 g/mol. The van der Waals surface area contributed by atoms with Crippen molar-refractivity contribution in [3.63, 3.8) is 0 Å². The highest BCUT2D eigenvalue weighted by atomic mass is 35.5. The lowest BCUT2D eigenvalue weighted by atomic mass is 10.1. The van der Waals surface area contributed by atoms with E-state index in [1.165, 1.54) is 23.5 Å². The minimum atomic E-state index is -0.763. The Kier molecular flexibility index (Phi) is 3.68. The zero-order valence-corrected chi connectivity index (χ0v) is 14.0. The zero-order valence-electron chi connectivity index (χ0n) is 11.7. The van der Waals surface area contributed by atoms with Crippen LogP contribution < -0.4 is 14.0 Å². The van der Waals surface area contributed by atoms with Gasteiger partial charge in [-0.3, -0.25) is 4.79 Å². The standard InChI is InChI=1S/C16H6Cl2FNO3S/c17-22-9-6-5-8-11(13(9)19)12-14(21)7-3-1-2-4-10(7)24-15(12)16(20-8)23-18/h1-6H. The molecule has 0 N–H and O–H groups in total. The van der Waals surface area contributed by atoms with Crippen molar-refractivity contribution < 1.29 is 13.0 Å². The van der Waals surface area contributed by atoms with E-state index >= 15 is 0 Å². The molecule has 8 heteroatoms. The third-order valence-electron chi connectivity index (χ3n) is 3.70. The Bertz CT molecular complexity index is 1180. The van der Waals surface area contributed by atoms with Gasteiger partial charge in [0.15, 0.2) is 17.0 Å². The van der Waals surface area contributed by atoms with Crippen molar-refractivity contribution in [3.05, 3.63) is 52.4 Å². The van der Waals surface area contributed by atoms with Crippen LogP contribution in [0.25, 0.3) is 31.1 Å². The van der Waals surface area contributed by atoms with E-state index in [-0.39, 0.29) is 33.3 Å². The molecule has 0 atom stereocenters. The molecule has 0 unspecified atom stereocenters. The molecule has 2 aromatic carbocycles. The molecule has 4 rings (SSSR count). The van der Waals surface area contributed by atoms with E-state index in [1.807, 2.05) is 0 Å². The summed E-state index contributed by atoms with van der Waals surface area (Å²) in [6.07, 6.45) is 0. The maximum absolute atomic E-state index is 14.8. The predicted octanol–water partition coefficient (Wildman–Crippen LogP) is 5.17. The van der Waals surface area contributed by atoms with Gasteiger partial charge >= 0.3 is 0 Å². The first-order valence-electron chi connectivity index (χ1n) is 6.70. The molecule has 0 saturated heterocycles. The summed E-state index contributed by atoms with van der Waals surface area (Å²) in [5.41, 5.74) is -0.125. The van der Waals surface area contributed by atoms with E-state index in [0.29, 0.717) is 10.1 Å². The van der Waals surface area contributed by atoms with Gasteiger partial charge in [-0.05, 0) is 24.3 Å². The number of aromatic nitrogens is 1. The van der Waals surface area contributed by atoms with Crippen LogP contribution in [0.3, 0.4) is 0 Å². The quantitative estimate of drug-likeness (QED) is 0.355. The van der Waals surface area contributed by atoms with Crippen LogP contribution in [0.2, 0.25) is 0 Å². The largest absolute Gasteiger partial charge is 0.382 e. The summed E-state index contributed by atoms with van der Waals surface area (Å²) in [6.45, 7) is 0. The van der Waals surface area contributed by atoms with Gasteiger partial charge in [-0.1, -0.05) is 12.1 Å².